The van der Waals surface area contributed by atoms with Gasteiger partial charge in [-0.05, 0) is 37.1 Å². The topological polar surface area (TPSA) is 32.3 Å². The van der Waals surface area contributed by atoms with Gasteiger partial charge in [0.25, 0.3) is 0 Å². The highest BCUT2D eigenvalue weighted by molar-refractivity contribution is 6.30. The predicted molar refractivity (Wildman–Crippen MR) is 73.7 cm³/mol. The fourth-order valence-corrected chi connectivity index (χ4v) is 2.59. The summed E-state index contributed by atoms with van der Waals surface area (Å²) in [4.78, 5) is 13.7. The summed E-state index contributed by atoms with van der Waals surface area (Å²) >= 11 is 5.92. The molecule has 3 nitrogen and oxygen atoms in total. The summed E-state index contributed by atoms with van der Waals surface area (Å²) in [5.74, 6) is 0.138. The predicted octanol–water partition coefficient (Wildman–Crippen LogP) is 2.61. The molecule has 1 aliphatic rings. The summed E-state index contributed by atoms with van der Waals surface area (Å²) in [5.41, 5.74) is 1.18. The number of halogens is 1. The van der Waals surface area contributed by atoms with Crippen molar-refractivity contribution >= 4 is 17.5 Å². The molecule has 0 bridgehead atoms. The van der Waals surface area contributed by atoms with E-state index in [0.29, 0.717) is 0 Å². The molecule has 1 atom stereocenters. The van der Waals surface area contributed by atoms with Crippen LogP contribution < -0.4 is 5.32 Å². The Morgan fingerprint density at radius 3 is 2.72 bits per heavy atom. The molecule has 1 aliphatic heterocycles. The minimum absolute atomic E-state index is 0.138. The van der Waals surface area contributed by atoms with E-state index >= 15 is 0 Å². The van der Waals surface area contributed by atoms with E-state index in [9.17, 15) is 4.79 Å². The van der Waals surface area contributed by atoms with E-state index in [4.69, 9.17) is 11.6 Å². The Kier molecular flexibility index (Phi) is 4.61. The average Bonchev–Trinajstić information content (AvgIpc) is 2.30. The van der Waals surface area contributed by atoms with E-state index < -0.39 is 0 Å². The molecule has 4 heteroatoms. The van der Waals surface area contributed by atoms with Crippen LogP contribution in [0.2, 0.25) is 5.02 Å². The number of carbonyl (C=O) groups excluding carboxylic acids is 1. The summed E-state index contributed by atoms with van der Waals surface area (Å²) in [6.45, 7) is 4.30. The van der Waals surface area contributed by atoms with E-state index in [1.807, 2.05) is 29.2 Å². The summed E-state index contributed by atoms with van der Waals surface area (Å²) < 4.78 is 0. The molecular weight excluding hydrogens is 248 g/mol. The second-order valence-electron chi connectivity index (χ2n) is 4.67. The monoisotopic (exact) mass is 266 g/mol. The van der Waals surface area contributed by atoms with E-state index in [2.05, 4.69) is 5.32 Å². The van der Waals surface area contributed by atoms with Crippen LogP contribution in [0.1, 0.15) is 31.4 Å². The number of hydrogen-bond donors (Lipinski definition) is 1. The lowest BCUT2D eigenvalue weighted by Crippen LogP contribution is -2.40. The lowest BCUT2D eigenvalue weighted by molar-refractivity contribution is -0.131. The molecule has 0 aromatic heterocycles. The highest BCUT2D eigenvalue weighted by Gasteiger charge is 2.23. The van der Waals surface area contributed by atoms with Crippen molar-refractivity contribution in [2.24, 2.45) is 0 Å². The average molecular weight is 267 g/mol. The maximum absolute atomic E-state index is 11.8. The summed E-state index contributed by atoms with van der Waals surface area (Å²) in [6, 6.07) is 8.02. The van der Waals surface area contributed by atoms with Crippen molar-refractivity contribution in [2.75, 3.05) is 19.6 Å². The first-order valence-electron chi connectivity index (χ1n) is 6.42. The molecule has 98 valence electrons. The zero-order valence-corrected chi connectivity index (χ0v) is 11.4. The van der Waals surface area contributed by atoms with Crippen LogP contribution >= 0.6 is 11.6 Å². The molecule has 1 saturated heterocycles. The van der Waals surface area contributed by atoms with Gasteiger partial charge in [0, 0.05) is 25.0 Å². The lowest BCUT2D eigenvalue weighted by atomic mass is 9.99. The van der Waals surface area contributed by atoms with Gasteiger partial charge in [-0.25, -0.2) is 0 Å². The van der Waals surface area contributed by atoms with Crippen molar-refractivity contribution in [3.8, 4) is 0 Å². The zero-order valence-electron chi connectivity index (χ0n) is 10.7. The van der Waals surface area contributed by atoms with Crippen LogP contribution in [0.25, 0.3) is 0 Å². The molecule has 0 radical (unpaired) electrons. The molecule has 0 aliphatic carbocycles. The maximum atomic E-state index is 11.8. The third-order valence-electron chi connectivity index (χ3n) is 3.40. The fraction of sp³-hybridized carbons (Fsp3) is 0.500. The van der Waals surface area contributed by atoms with Gasteiger partial charge >= 0.3 is 0 Å². The van der Waals surface area contributed by atoms with Gasteiger partial charge in [-0.1, -0.05) is 23.7 Å². The fourth-order valence-electron chi connectivity index (χ4n) is 2.47. The molecule has 2 rings (SSSR count). The Bertz CT molecular complexity index is 405. The van der Waals surface area contributed by atoms with Crippen LogP contribution in [-0.2, 0) is 4.79 Å². The van der Waals surface area contributed by atoms with Gasteiger partial charge in [0.05, 0.1) is 6.04 Å². The molecule has 1 heterocycles. The number of rotatable bonds is 1. The van der Waals surface area contributed by atoms with Crippen LogP contribution in [-0.4, -0.2) is 30.4 Å². The summed E-state index contributed by atoms with van der Waals surface area (Å²) in [7, 11) is 0. The zero-order chi connectivity index (χ0) is 13.0. The quantitative estimate of drug-likeness (QED) is 0.848. The standard InChI is InChI=1S/C14H19ClN2O/c1-11(18)17-10-9-16-8-2-3-14(17)12-4-6-13(15)7-5-12/h4-7,14,16H,2-3,8-10H2,1H3/t14-/m0/s1. The minimum Gasteiger partial charge on any atom is -0.335 e. The Balaban J connectivity index is 2.23. The first-order chi connectivity index (χ1) is 8.68. The normalized spacial score (nSPS) is 21.2. The molecule has 1 fully saturated rings. The number of amides is 1. The van der Waals surface area contributed by atoms with Gasteiger partial charge in [-0.3, -0.25) is 4.79 Å². The van der Waals surface area contributed by atoms with Crippen molar-refractivity contribution in [3.05, 3.63) is 34.9 Å². The molecule has 1 N–H and O–H groups in total. The summed E-state index contributed by atoms with van der Waals surface area (Å²) in [6.07, 6.45) is 2.07. The molecule has 0 spiro atoms. The Hall–Kier alpha value is -1.06. The van der Waals surface area contributed by atoms with Gasteiger partial charge < -0.3 is 10.2 Å². The number of nitrogens with one attached hydrogen (secondary N) is 1. The lowest BCUT2D eigenvalue weighted by Gasteiger charge is -2.33. The van der Waals surface area contributed by atoms with Crippen LogP contribution in [0, 0.1) is 0 Å². The van der Waals surface area contributed by atoms with Crippen molar-refractivity contribution in [1.29, 1.82) is 0 Å². The Morgan fingerprint density at radius 1 is 1.33 bits per heavy atom. The molecule has 1 aromatic rings. The molecular formula is C14H19ClN2O. The highest BCUT2D eigenvalue weighted by Crippen LogP contribution is 2.27. The minimum atomic E-state index is 0.138. The third-order valence-corrected chi connectivity index (χ3v) is 3.65. The summed E-state index contributed by atoms with van der Waals surface area (Å²) in [5, 5.41) is 4.07. The number of hydrogen-bond acceptors (Lipinski definition) is 2. The number of benzene rings is 1. The molecule has 1 aromatic carbocycles. The van der Waals surface area contributed by atoms with E-state index in [1.165, 1.54) is 5.56 Å². The van der Waals surface area contributed by atoms with Crippen LogP contribution in [0.3, 0.4) is 0 Å². The van der Waals surface area contributed by atoms with Crippen molar-refractivity contribution in [3.63, 3.8) is 0 Å². The van der Waals surface area contributed by atoms with Crippen LogP contribution in [0.15, 0.2) is 24.3 Å². The first kappa shape index (κ1) is 13.4. The van der Waals surface area contributed by atoms with E-state index in [-0.39, 0.29) is 11.9 Å². The van der Waals surface area contributed by atoms with Crippen molar-refractivity contribution < 1.29 is 4.79 Å². The van der Waals surface area contributed by atoms with E-state index in [1.54, 1.807) is 6.92 Å². The van der Waals surface area contributed by atoms with E-state index in [0.717, 1.165) is 37.5 Å². The van der Waals surface area contributed by atoms with Gasteiger partial charge in [-0.15, -0.1) is 0 Å². The SMILES string of the molecule is CC(=O)N1CCNCCC[C@H]1c1ccc(Cl)cc1. The second kappa shape index (κ2) is 6.21. The molecule has 18 heavy (non-hydrogen) atoms. The van der Waals surface area contributed by atoms with Gasteiger partial charge in [0.2, 0.25) is 5.91 Å². The second-order valence-corrected chi connectivity index (χ2v) is 5.11. The van der Waals surface area contributed by atoms with Crippen LogP contribution in [0.4, 0.5) is 0 Å². The van der Waals surface area contributed by atoms with Gasteiger partial charge in [0.1, 0.15) is 0 Å². The Labute approximate surface area is 113 Å². The Morgan fingerprint density at radius 2 is 2.06 bits per heavy atom. The molecule has 1 amide bonds. The highest BCUT2D eigenvalue weighted by atomic mass is 35.5. The largest absolute Gasteiger partial charge is 0.335 e. The van der Waals surface area contributed by atoms with Gasteiger partial charge in [-0.2, -0.15) is 0 Å². The third kappa shape index (κ3) is 3.24. The molecule has 0 saturated carbocycles. The smallest absolute Gasteiger partial charge is 0.220 e. The van der Waals surface area contributed by atoms with Gasteiger partial charge in [0.15, 0.2) is 0 Å². The number of nitrogens with zero attached hydrogens (tertiary/aromatic N) is 1. The molecule has 0 unspecified atom stereocenters. The maximum Gasteiger partial charge on any atom is 0.220 e. The first-order valence-corrected chi connectivity index (χ1v) is 6.79. The van der Waals surface area contributed by atoms with Crippen LogP contribution in [0.5, 0.6) is 0 Å². The van der Waals surface area contributed by atoms with Crippen molar-refractivity contribution in [2.45, 2.75) is 25.8 Å². The number of carbonyl (C=O) groups is 1. The van der Waals surface area contributed by atoms with Crippen molar-refractivity contribution in [1.82, 2.24) is 10.2 Å².